The Morgan fingerprint density at radius 1 is 0.970 bits per heavy atom. The van der Waals surface area contributed by atoms with E-state index in [2.05, 4.69) is 52.1 Å². The molecule has 0 heterocycles. The van der Waals surface area contributed by atoms with Crippen molar-refractivity contribution in [3.8, 4) is 5.75 Å². The molecule has 33 heavy (non-hydrogen) atoms. The van der Waals surface area contributed by atoms with Crippen molar-refractivity contribution in [2.24, 2.45) is 0 Å². The highest BCUT2D eigenvalue weighted by Crippen LogP contribution is 2.31. The maximum absolute atomic E-state index is 12.3. The van der Waals surface area contributed by atoms with Crippen LogP contribution in [-0.4, -0.2) is 45.3 Å². The predicted octanol–water partition coefficient (Wildman–Crippen LogP) is 4.91. The average molecular weight is 521 g/mol. The Hall–Kier alpha value is -3.07. The number of carbonyl (C=O) groups is 3. The van der Waals surface area contributed by atoms with Crippen LogP contribution in [0.4, 0.5) is 10.5 Å². The molecule has 9 heteroatoms. The Kier molecular flexibility index (Phi) is 9.28. The van der Waals surface area contributed by atoms with Crippen molar-refractivity contribution >= 4 is 39.6 Å². The van der Waals surface area contributed by atoms with Gasteiger partial charge in [-0.1, -0.05) is 26.8 Å². The van der Waals surface area contributed by atoms with E-state index < -0.39 is 18.0 Å². The minimum Gasteiger partial charge on any atom is -0.492 e. The van der Waals surface area contributed by atoms with Crippen molar-refractivity contribution in [3.63, 3.8) is 0 Å². The number of anilines is 1. The zero-order valence-electron chi connectivity index (χ0n) is 19.4. The molecule has 2 N–H and O–H groups in total. The number of urea groups is 1. The third-order valence-electron chi connectivity index (χ3n) is 4.76. The van der Waals surface area contributed by atoms with E-state index in [4.69, 9.17) is 9.47 Å². The van der Waals surface area contributed by atoms with Gasteiger partial charge in [0, 0.05) is 6.54 Å². The number of hydrogen-bond donors (Lipinski definition) is 2. The van der Waals surface area contributed by atoms with Crippen LogP contribution in [0.15, 0.2) is 40.9 Å². The van der Waals surface area contributed by atoms with Crippen molar-refractivity contribution in [2.45, 2.75) is 32.6 Å². The number of ether oxygens (including phenoxy) is 3. The highest BCUT2D eigenvalue weighted by atomic mass is 79.9. The maximum Gasteiger partial charge on any atom is 0.339 e. The van der Waals surface area contributed by atoms with E-state index in [1.165, 1.54) is 38.0 Å². The van der Waals surface area contributed by atoms with Crippen molar-refractivity contribution < 1.29 is 28.6 Å². The molecule has 2 aromatic rings. The van der Waals surface area contributed by atoms with Crippen LogP contribution in [0.5, 0.6) is 5.75 Å². The fourth-order valence-electron chi connectivity index (χ4n) is 2.89. The Morgan fingerprint density at radius 3 is 2.27 bits per heavy atom. The lowest BCUT2D eigenvalue weighted by Crippen LogP contribution is -2.31. The molecule has 2 aromatic carbocycles. The van der Waals surface area contributed by atoms with Gasteiger partial charge in [0.2, 0.25) is 0 Å². The number of hydrogen-bond acceptors (Lipinski definition) is 6. The molecule has 0 bridgehead atoms. The van der Waals surface area contributed by atoms with Gasteiger partial charge in [0.05, 0.1) is 42.1 Å². The zero-order chi connectivity index (χ0) is 24.6. The van der Waals surface area contributed by atoms with Gasteiger partial charge >= 0.3 is 18.0 Å². The third kappa shape index (κ3) is 7.49. The highest BCUT2D eigenvalue weighted by molar-refractivity contribution is 9.10. The van der Waals surface area contributed by atoms with Crippen molar-refractivity contribution in [3.05, 3.63) is 57.6 Å². The molecule has 0 aliphatic heterocycles. The fraction of sp³-hybridized carbons (Fsp3) is 0.375. The number of methoxy groups -OCH3 is 2. The van der Waals surface area contributed by atoms with E-state index in [-0.39, 0.29) is 22.2 Å². The molecule has 0 radical (unpaired) electrons. The van der Waals surface area contributed by atoms with Gasteiger partial charge in [0.1, 0.15) is 5.75 Å². The first-order valence-corrected chi connectivity index (χ1v) is 11.1. The maximum atomic E-state index is 12.3. The number of halogens is 1. The molecule has 8 nitrogen and oxygen atoms in total. The van der Waals surface area contributed by atoms with Crippen LogP contribution < -0.4 is 15.4 Å². The van der Waals surface area contributed by atoms with Crippen LogP contribution in [0.2, 0.25) is 0 Å². The van der Waals surface area contributed by atoms with Crippen LogP contribution in [-0.2, 0) is 14.9 Å². The minimum atomic E-state index is -0.641. The molecular formula is C24H29BrN2O6. The third-order valence-corrected chi connectivity index (χ3v) is 5.38. The zero-order valence-corrected chi connectivity index (χ0v) is 21.0. The average Bonchev–Trinajstić information content (AvgIpc) is 2.77. The number of nitrogens with one attached hydrogen (secondary N) is 2. The number of carbonyl (C=O) groups excluding carboxylic acids is 3. The summed E-state index contributed by atoms with van der Waals surface area (Å²) < 4.78 is 16.1. The van der Waals surface area contributed by atoms with E-state index in [1.807, 2.05) is 18.2 Å². The molecule has 0 aliphatic carbocycles. The lowest BCUT2D eigenvalue weighted by molar-refractivity contribution is 0.0587. The molecule has 0 fully saturated rings. The quantitative estimate of drug-likeness (QED) is 0.378. The molecular weight excluding hydrogens is 492 g/mol. The van der Waals surface area contributed by atoms with Gasteiger partial charge in [-0.3, -0.25) is 0 Å². The first-order valence-electron chi connectivity index (χ1n) is 10.3. The molecule has 2 rings (SSSR count). The number of esters is 2. The number of amides is 2. The summed E-state index contributed by atoms with van der Waals surface area (Å²) in [7, 11) is 2.48. The number of rotatable bonds is 8. The Morgan fingerprint density at radius 2 is 1.67 bits per heavy atom. The summed E-state index contributed by atoms with van der Waals surface area (Å²) in [6.07, 6.45) is 0.562. The van der Waals surface area contributed by atoms with Gasteiger partial charge < -0.3 is 24.8 Å². The minimum absolute atomic E-state index is 0.0441. The van der Waals surface area contributed by atoms with Gasteiger partial charge in [0.25, 0.3) is 0 Å². The number of benzene rings is 2. The normalized spacial score (nSPS) is 10.8. The summed E-state index contributed by atoms with van der Waals surface area (Å²) >= 11 is 3.54. The second-order valence-corrected chi connectivity index (χ2v) is 9.08. The molecule has 178 valence electrons. The lowest BCUT2D eigenvalue weighted by atomic mass is 9.87. The SMILES string of the molecule is COC(=O)c1ccc(C(=O)OC)c(NC(=O)NCCCOc2ccc(C(C)(C)C)cc2Br)c1. The van der Waals surface area contributed by atoms with E-state index in [0.29, 0.717) is 19.6 Å². The second kappa shape index (κ2) is 11.7. The summed E-state index contributed by atoms with van der Waals surface area (Å²) in [6, 6.07) is 9.65. The second-order valence-electron chi connectivity index (χ2n) is 8.22. The predicted molar refractivity (Wildman–Crippen MR) is 129 cm³/mol. The lowest BCUT2D eigenvalue weighted by Gasteiger charge is -2.20. The van der Waals surface area contributed by atoms with Crippen LogP contribution >= 0.6 is 15.9 Å². The monoisotopic (exact) mass is 520 g/mol. The summed E-state index contributed by atoms with van der Waals surface area (Å²) in [5, 5.41) is 5.27. The standard InChI is InChI=1S/C24H29BrN2O6/c1-24(2,3)16-8-10-20(18(25)14-16)33-12-6-11-26-23(30)27-19-13-15(21(28)31-4)7-9-17(19)22(29)32-5/h7-10,13-14H,6,11-12H2,1-5H3,(H2,26,27,30). The van der Waals surface area contributed by atoms with Gasteiger partial charge in [0.15, 0.2) is 0 Å². The van der Waals surface area contributed by atoms with E-state index in [9.17, 15) is 14.4 Å². The molecule has 0 saturated heterocycles. The fourth-order valence-corrected chi connectivity index (χ4v) is 3.38. The smallest absolute Gasteiger partial charge is 0.339 e. The molecule has 2 amide bonds. The highest BCUT2D eigenvalue weighted by Gasteiger charge is 2.18. The van der Waals surface area contributed by atoms with E-state index >= 15 is 0 Å². The first-order chi connectivity index (χ1) is 15.6. The molecule has 0 atom stereocenters. The molecule has 0 aromatic heterocycles. The summed E-state index contributed by atoms with van der Waals surface area (Å²) in [6.45, 7) is 7.18. The van der Waals surface area contributed by atoms with Crippen LogP contribution in [0.25, 0.3) is 0 Å². The van der Waals surface area contributed by atoms with Crippen LogP contribution in [0.1, 0.15) is 53.5 Å². The van der Waals surface area contributed by atoms with Crippen LogP contribution in [0, 0.1) is 0 Å². The Balaban J connectivity index is 1.89. The summed E-state index contributed by atoms with van der Waals surface area (Å²) in [5.74, 6) is -0.498. The molecule has 0 aliphatic rings. The molecule has 0 saturated carbocycles. The van der Waals surface area contributed by atoms with E-state index in [0.717, 1.165) is 10.2 Å². The molecule has 0 unspecified atom stereocenters. The Labute approximate surface area is 202 Å². The Bertz CT molecular complexity index is 1020. The van der Waals surface area contributed by atoms with Crippen molar-refractivity contribution in [2.75, 3.05) is 32.7 Å². The topological polar surface area (TPSA) is 103 Å². The van der Waals surface area contributed by atoms with E-state index in [1.54, 1.807) is 0 Å². The van der Waals surface area contributed by atoms with Gasteiger partial charge in [-0.25, -0.2) is 14.4 Å². The largest absolute Gasteiger partial charge is 0.492 e. The first kappa shape index (κ1) is 26.2. The van der Waals surface area contributed by atoms with Crippen molar-refractivity contribution in [1.29, 1.82) is 0 Å². The summed E-state index contributed by atoms with van der Waals surface area (Å²) in [5.41, 5.74) is 1.69. The van der Waals surface area contributed by atoms with Crippen LogP contribution in [0.3, 0.4) is 0 Å². The van der Waals surface area contributed by atoms with Gasteiger partial charge in [-0.2, -0.15) is 0 Å². The molecule has 0 spiro atoms. The van der Waals surface area contributed by atoms with Gasteiger partial charge in [-0.05, 0) is 63.7 Å². The van der Waals surface area contributed by atoms with Crippen molar-refractivity contribution in [1.82, 2.24) is 5.32 Å². The van der Waals surface area contributed by atoms with Gasteiger partial charge in [-0.15, -0.1) is 0 Å². The summed E-state index contributed by atoms with van der Waals surface area (Å²) in [4.78, 5) is 36.0.